The summed E-state index contributed by atoms with van der Waals surface area (Å²) in [5.74, 6) is 0. The fourth-order valence-electron chi connectivity index (χ4n) is 0. The summed E-state index contributed by atoms with van der Waals surface area (Å²) in [6.45, 7) is 0. The van der Waals surface area contributed by atoms with Crippen LogP contribution in [0.3, 0.4) is 0 Å². The van der Waals surface area contributed by atoms with Crippen LogP contribution in [0.1, 0.15) is 0 Å². The molecule has 0 aromatic carbocycles. The molecule has 0 amide bonds. The van der Waals surface area contributed by atoms with Crippen molar-refractivity contribution in [2.75, 3.05) is 0 Å². The Labute approximate surface area is 151 Å². The zero-order chi connectivity index (χ0) is 14.3. The van der Waals surface area contributed by atoms with Crippen LogP contribution in [-0.2, 0) is 0 Å². The van der Waals surface area contributed by atoms with E-state index in [2.05, 4.69) is 0 Å². The molecule has 0 spiro atoms. The first kappa shape index (κ1) is 36.0. The molecule has 0 aliphatic rings. The molecule has 0 rings (SSSR count). The van der Waals surface area contributed by atoms with Crippen LogP contribution in [0.2, 0.25) is 0 Å². The predicted octanol–water partition coefficient (Wildman–Crippen LogP) is -3.95. The summed E-state index contributed by atoms with van der Waals surface area (Å²) >= 11 is 0. The van der Waals surface area contributed by atoms with E-state index in [9.17, 15) is 0 Å². The van der Waals surface area contributed by atoms with Crippen LogP contribution >= 0.6 is 0 Å². The SMILES string of the molecule is O=[N+]([O-])[O-].O=[N+]([O-])[O-].O=[N+]([O-])[O-].O=[N+]([O-])[O-].[Ce+3].[Na+]. The molecule has 0 saturated carbocycles. The van der Waals surface area contributed by atoms with Crippen molar-refractivity contribution in [1.82, 2.24) is 0 Å². The molecule has 18 heteroatoms. The van der Waals surface area contributed by atoms with Crippen molar-refractivity contribution < 1.29 is 91.7 Å². The summed E-state index contributed by atoms with van der Waals surface area (Å²) in [6.07, 6.45) is 0. The summed E-state index contributed by atoms with van der Waals surface area (Å²) in [5.41, 5.74) is 0. The van der Waals surface area contributed by atoms with E-state index in [4.69, 9.17) is 61.3 Å². The third kappa shape index (κ3) is 4500. The van der Waals surface area contributed by atoms with Gasteiger partial charge < -0.3 is 61.3 Å². The van der Waals surface area contributed by atoms with Gasteiger partial charge in [-0.25, -0.2) is 0 Å². The second-order valence-corrected chi connectivity index (χ2v) is 0.894. The van der Waals surface area contributed by atoms with Gasteiger partial charge in [0.15, 0.2) is 0 Å². The van der Waals surface area contributed by atoms with Crippen LogP contribution in [0, 0.1) is 103 Å². The van der Waals surface area contributed by atoms with Gasteiger partial charge in [0.25, 0.3) is 0 Å². The second-order valence-electron chi connectivity index (χ2n) is 0.894. The minimum atomic E-state index is -1.75. The van der Waals surface area contributed by atoms with Crippen molar-refractivity contribution in [1.29, 1.82) is 0 Å². The normalized spacial score (nSPS) is 5.33. The smallest absolute Gasteiger partial charge is 0.356 e. The van der Waals surface area contributed by atoms with E-state index >= 15 is 0 Å². The molecule has 0 aromatic rings. The summed E-state index contributed by atoms with van der Waals surface area (Å²) < 4.78 is 0. The Kier molecular flexibility index (Phi) is 59.6. The van der Waals surface area contributed by atoms with Gasteiger partial charge in [0.2, 0.25) is 0 Å². The van der Waals surface area contributed by atoms with Gasteiger partial charge in [0.1, 0.15) is 0 Å². The molecule has 0 unspecified atom stereocenters. The van der Waals surface area contributed by atoms with Crippen LogP contribution in [-0.4, -0.2) is 20.3 Å². The first-order chi connectivity index (χ1) is 6.93. The van der Waals surface area contributed by atoms with E-state index in [1.807, 2.05) is 0 Å². The average Bonchev–Trinajstić information content (AvgIpc) is 1.76. The first-order valence-electron chi connectivity index (χ1n) is 2.19. The van der Waals surface area contributed by atoms with Gasteiger partial charge in [0, 0.05) is 0 Å². The van der Waals surface area contributed by atoms with Crippen LogP contribution in [0.5, 0.6) is 0 Å². The first-order valence-corrected chi connectivity index (χ1v) is 2.19. The molecule has 16 nitrogen and oxygen atoms in total. The van der Waals surface area contributed by atoms with Gasteiger partial charge >= 0.3 is 71.3 Å². The van der Waals surface area contributed by atoms with E-state index in [-0.39, 0.29) is 71.3 Å². The third-order valence-corrected chi connectivity index (χ3v) is 0. The van der Waals surface area contributed by atoms with Crippen molar-refractivity contribution in [2.45, 2.75) is 0 Å². The monoisotopic (exact) mass is 411 g/mol. The zero-order valence-corrected chi connectivity index (χ0v) is 13.3. The molecule has 1 radical (unpaired) electrons. The van der Waals surface area contributed by atoms with Crippen LogP contribution < -0.4 is 29.6 Å². The Balaban J connectivity index is -0.0000000257. The largest absolute Gasteiger partial charge is 3.00 e. The molecule has 0 aliphatic heterocycles. The molecule has 0 bridgehead atoms. The van der Waals surface area contributed by atoms with E-state index in [1.165, 1.54) is 0 Å². The van der Waals surface area contributed by atoms with E-state index in [0.29, 0.717) is 0 Å². The van der Waals surface area contributed by atoms with Gasteiger partial charge in [-0.1, -0.05) is 0 Å². The number of hydrogen-bond donors (Lipinski definition) is 0. The van der Waals surface area contributed by atoms with Crippen LogP contribution in [0.15, 0.2) is 0 Å². The van der Waals surface area contributed by atoms with Crippen LogP contribution in [0.25, 0.3) is 0 Å². The van der Waals surface area contributed by atoms with Crippen molar-refractivity contribution >= 4 is 0 Å². The van der Waals surface area contributed by atoms with Crippen molar-refractivity contribution in [3.63, 3.8) is 0 Å². The summed E-state index contributed by atoms with van der Waals surface area (Å²) in [7, 11) is 0. The van der Waals surface area contributed by atoms with Gasteiger partial charge in [-0.15, -0.1) is 0 Å². The maximum Gasteiger partial charge on any atom is 3.00 e. The van der Waals surface area contributed by atoms with Crippen molar-refractivity contribution in [3.05, 3.63) is 61.3 Å². The summed E-state index contributed by atoms with van der Waals surface area (Å²) in [4.78, 5) is 33.0. The molecule has 0 aromatic heterocycles. The zero-order valence-electron chi connectivity index (χ0n) is 8.19. The maximum atomic E-state index is 8.25. The third-order valence-electron chi connectivity index (χ3n) is 0. The van der Waals surface area contributed by atoms with Crippen molar-refractivity contribution in [3.8, 4) is 0 Å². The number of nitrogens with zero attached hydrogens (tertiary/aromatic N) is 4. The molecular formula is CeN4NaO12. The minimum Gasteiger partial charge on any atom is -0.356 e. The quantitative estimate of drug-likeness (QED) is 0.210. The molecular weight excluding hydrogens is 411 g/mol. The fourth-order valence-corrected chi connectivity index (χ4v) is 0. The molecule has 97 valence electrons. The Morgan fingerprint density at radius 2 is 0.444 bits per heavy atom. The number of rotatable bonds is 0. The maximum absolute atomic E-state index is 8.25. The van der Waals surface area contributed by atoms with E-state index in [1.54, 1.807) is 0 Å². The molecule has 0 saturated heterocycles. The molecule has 0 N–H and O–H groups in total. The molecule has 0 fully saturated rings. The Morgan fingerprint density at radius 1 is 0.444 bits per heavy atom. The second kappa shape index (κ2) is 29.8. The van der Waals surface area contributed by atoms with Gasteiger partial charge in [-0.3, -0.25) is 0 Å². The Morgan fingerprint density at radius 3 is 0.444 bits per heavy atom. The van der Waals surface area contributed by atoms with Gasteiger partial charge in [0.05, 0.1) is 20.3 Å². The van der Waals surface area contributed by atoms with Crippen LogP contribution in [0.4, 0.5) is 0 Å². The molecule has 0 heterocycles. The Hall–Kier alpha value is -0.823. The number of hydrogen-bond acceptors (Lipinski definition) is 12. The van der Waals surface area contributed by atoms with E-state index < -0.39 is 20.3 Å². The minimum absolute atomic E-state index is 0. The molecule has 18 heavy (non-hydrogen) atoms. The molecule has 0 aliphatic carbocycles. The molecule has 0 atom stereocenters. The van der Waals surface area contributed by atoms with E-state index in [0.717, 1.165) is 0 Å². The average molecular weight is 411 g/mol. The topological polar surface area (TPSA) is 265 Å². The summed E-state index contributed by atoms with van der Waals surface area (Å²) in [6, 6.07) is 0. The predicted molar refractivity (Wildman–Crippen MR) is 41.4 cm³/mol. The van der Waals surface area contributed by atoms with Gasteiger partial charge in [-0.2, -0.15) is 0 Å². The van der Waals surface area contributed by atoms with Crippen molar-refractivity contribution in [2.24, 2.45) is 0 Å². The fraction of sp³-hybridized carbons (Fsp3) is 0. The Bertz CT molecular complexity index is 164. The van der Waals surface area contributed by atoms with Gasteiger partial charge in [-0.05, 0) is 0 Å². The standard InChI is InChI=1S/Ce.4NO3.Na/c;4*2-1(3)4;/q+3;4*-1;+1. The summed E-state index contributed by atoms with van der Waals surface area (Å²) in [5, 5.41) is 59.0.